The molecule has 0 saturated carbocycles. The highest BCUT2D eigenvalue weighted by Crippen LogP contribution is 2.23. The summed E-state index contributed by atoms with van der Waals surface area (Å²) >= 11 is 5.78. The lowest BCUT2D eigenvalue weighted by atomic mass is 10.1. The van der Waals surface area contributed by atoms with Gasteiger partial charge in [-0.1, -0.05) is 25.4 Å². The van der Waals surface area contributed by atoms with Crippen molar-refractivity contribution in [2.75, 3.05) is 6.54 Å². The topological polar surface area (TPSA) is 33.2 Å². The van der Waals surface area contributed by atoms with Gasteiger partial charge in [-0.05, 0) is 31.9 Å². The van der Waals surface area contributed by atoms with Crippen molar-refractivity contribution in [3.63, 3.8) is 0 Å². The van der Waals surface area contributed by atoms with E-state index in [9.17, 15) is 18.0 Å². The van der Waals surface area contributed by atoms with Crippen LogP contribution in [0.1, 0.15) is 42.7 Å². The maximum atomic E-state index is 12.7. The van der Waals surface area contributed by atoms with E-state index in [-0.39, 0.29) is 10.7 Å². The summed E-state index contributed by atoms with van der Waals surface area (Å²) in [5, 5.41) is 0.0925. The Labute approximate surface area is 127 Å². The van der Waals surface area contributed by atoms with Crippen LogP contribution in [0, 0.1) is 6.92 Å². The molecule has 3 nitrogen and oxygen atoms in total. The Hall–Kier alpha value is -1.30. The maximum Gasteiger partial charge on any atom is 0.406 e. The number of carbonyl (C=O) groups excluding carboxylic acids is 1. The van der Waals surface area contributed by atoms with E-state index < -0.39 is 24.7 Å². The predicted molar refractivity (Wildman–Crippen MR) is 75.4 cm³/mol. The lowest BCUT2D eigenvalue weighted by Gasteiger charge is -2.31. The maximum absolute atomic E-state index is 12.7. The van der Waals surface area contributed by atoms with Crippen LogP contribution in [-0.4, -0.2) is 34.6 Å². The summed E-state index contributed by atoms with van der Waals surface area (Å²) < 4.78 is 38.2. The molecule has 0 aliphatic carbocycles. The first-order valence-corrected chi connectivity index (χ1v) is 7.07. The third-order valence-electron chi connectivity index (χ3n) is 3.16. The molecule has 1 amide bonds. The molecule has 1 rings (SSSR count). The van der Waals surface area contributed by atoms with Gasteiger partial charge in [-0.2, -0.15) is 13.2 Å². The highest BCUT2D eigenvalue weighted by atomic mass is 35.5. The van der Waals surface area contributed by atoms with Gasteiger partial charge in [0.25, 0.3) is 5.91 Å². The van der Waals surface area contributed by atoms with Crippen LogP contribution in [0.15, 0.2) is 12.1 Å². The Bertz CT molecular complexity index is 481. The summed E-state index contributed by atoms with van der Waals surface area (Å²) in [5.41, 5.74) is 0.617. The van der Waals surface area contributed by atoms with Crippen LogP contribution in [0.4, 0.5) is 13.2 Å². The monoisotopic (exact) mass is 322 g/mol. The van der Waals surface area contributed by atoms with Crippen molar-refractivity contribution in [1.82, 2.24) is 9.88 Å². The van der Waals surface area contributed by atoms with Gasteiger partial charge in [0.1, 0.15) is 11.7 Å². The third kappa shape index (κ3) is 5.19. The molecule has 1 aromatic rings. The number of halogens is 4. The van der Waals surface area contributed by atoms with Crippen LogP contribution < -0.4 is 0 Å². The predicted octanol–water partition coefficient (Wildman–Crippen LogP) is 4.24. The van der Waals surface area contributed by atoms with Crippen molar-refractivity contribution in [2.24, 2.45) is 0 Å². The molecule has 0 fully saturated rings. The fraction of sp³-hybridized carbons (Fsp3) is 0.571. The van der Waals surface area contributed by atoms with Crippen molar-refractivity contribution >= 4 is 17.5 Å². The zero-order valence-electron chi connectivity index (χ0n) is 12.2. The number of nitrogens with zero attached hydrogens (tertiary/aromatic N) is 2. The Morgan fingerprint density at radius 3 is 2.33 bits per heavy atom. The van der Waals surface area contributed by atoms with Gasteiger partial charge in [0.15, 0.2) is 0 Å². The number of carbonyl (C=O) groups is 1. The summed E-state index contributed by atoms with van der Waals surface area (Å²) in [5.74, 6) is -0.673. The van der Waals surface area contributed by atoms with Crippen LogP contribution in [0.25, 0.3) is 0 Å². The van der Waals surface area contributed by atoms with Crippen molar-refractivity contribution in [3.05, 3.63) is 28.5 Å². The number of amides is 1. The van der Waals surface area contributed by atoms with E-state index in [4.69, 9.17) is 11.6 Å². The summed E-state index contributed by atoms with van der Waals surface area (Å²) in [4.78, 5) is 17.2. The minimum Gasteiger partial charge on any atom is -0.327 e. The number of rotatable bonds is 5. The van der Waals surface area contributed by atoms with E-state index >= 15 is 0 Å². The molecule has 0 saturated heterocycles. The molecule has 7 heteroatoms. The number of aryl methyl sites for hydroxylation is 1. The van der Waals surface area contributed by atoms with Crippen LogP contribution in [0.3, 0.4) is 0 Å². The molecule has 118 valence electrons. The van der Waals surface area contributed by atoms with Crippen LogP contribution >= 0.6 is 11.6 Å². The fourth-order valence-corrected chi connectivity index (χ4v) is 2.46. The van der Waals surface area contributed by atoms with Crippen LogP contribution in [0.5, 0.6) is 0 Å². The van der Waals surface area contributed by atoms with Crippen molar-refractivity contribution in [2.45, 2.75) is 45.8 Å². The highest BCUT2D eigenvalue weighted by Gasteiger charge is 2.36. The first kappa shape index (κ1) is 17.8. The quantitative estimate of drug-likeness (QED) is 0.760. The van der Waals surface area contributed by atoms with Gasteiger partial charge in [-0.3, -0.25) is 4.79 Å². The molecule has 0 spiro atoms. The molecule has 1 aromatic heterocycles. The SMILES string of the molecule is CCC(CC)N(CC(F)(F)F)C(=O)c1cc(C)nc(Cl)c1. The Morgan fingerprint density at radius 2 is 1.90 bits per heavy atom. The highest BCUT2D eigenvalue weighted by molar-refractivity contribution is 6.29. The minimum absolute atomic E-state index is 0.0925. The van der Waals surface area contributed by atoms with Gasteiger partial charge in [0, 0.05) is 17.3 Å². The molecule has 0 radical (unpaired) electrons. The van der Waals surface area contributed by atoms with Gasteiger partial charge in [0.2, 0.25) is 0 Å². The average Bonchev–Trinajstić information content (AvgIpc) is 2.35. The van der Waals surface area contributed by atoms with E-state index in [0.29, 0.717) is 18.5 Å². The molecule has 0 N–H and O–H groups in total. The molecular weight excluding hydrogens is 305 g/mol. The second kappa shape index (κ2) is 7.11. The third-order valence-corrected chi connectivity index (χ3v) is 3.36. The normalized spacial score (nSPS) is 11.8. The van der Waals surface area contributed by atoms with Crippen molar-refractivity contribution < 1.29 is 18.0 Å². The average molecular weight is 323 g/mol. The molecule has 0 aliphatic heterocycles. The first-order valence-electron chi connectivity index (χ1n) is 6.69. The summed E-state index contributed by atoms with van der Waals surface area (Å²) in [7, 11) is 0. The van der Waals surface area contributed by atoms with Crippen molar-refractivity contribution in [1.29, 1.82) is 0 Å². The molecule has 0 bridgehead atoms. The number of hydrogen-bond donors (Lipinski definition) is 0. The lowest BCUT2D eigenvalue weighted by Crippen LogP contribution is -2.45. The van der Waals surface area contributed by atoms with Gasteiger partial charge in [-0.25, -0.2) is 4.98 Å². The summed E-state index contributed by atoms with van der Waals surface area (Å²) in [6.45, 7) is 3.89. The van der Waals surface area contributed by atoms with Crippen LogP contribution in [0.2, 0.25) is 5.15 Å². The lowest BCUT2D eigenvalue weighted by molar-refractivity contribution is -0.144. The largest absolute Gasteiger partial charge is 0.406 e. The second-order valence-corrected chi connectivity index (χ2v) is 5.23. The fourth-order valence-electron chi connectivity index (χ4n) is 2.21. The van der Waals surface area contributed by atoms with Gasteiger partial charge in [0.05, 0.1) is 0 Å². The molecule has 0 atom stereocenters. The molecule has 0 unspecified atom stereocenters. The van der Waals surface area contributed by atoms with Gasteiger partial charge >= 0.3 is 6.18 Å². The van der Waals surface area contributed by atoms with Crippen molar-refractivity contribution in [3.8, 4) is 0 Å². The molecular formula is C14H18ClF3N2O. The number of alkyl halides is 3. The Morgan fingerprint density at radius 1 is 1.33 bits per heavy atom. The molecule has 0 aliphatic rings. The standard InChI is InChI=1S/C14H18ClF3N2O/c1-4-11(5-2)20(8-14(16,17)18)13(21)10-6-9(3)19-12(15)7-10/h6-7,11H,4-5,8H2,1-3H3. The second-order valence-electron chi connectivity index (χ2n) is 4.84. The zero-order chi connectivity index (χ0) is 16.2. The number of aromatic nitrogens is 1. The van der Waals surface area contributed by atoms with E-state index in [1.165, 1.54) is 12.1 Å². The molecule has 21 heavy (non-hydrogen) atoms. The number of pyridine rings is 1. The van der Waals surface area contributed by atoms with E-state index in [1.54, 1.807) is 20.8 Å². The Balaban J connectivity index is 3.14. The smallest absolute Gasteiger partial charge is 0.327 e. The van der Waals surface area contributed by atoms with Crippen LogP contribution in [-0.2, 0) is 0 Å². The van der Waals surface area contributed by atoms with E-state index in [1.807, 2.05) is 0 Å². The Kier molecular flexibility index (Phi) is 6.01. The summed E-state index contributed by atoms with van der Waals surface area (Å²) in [6.07, 6.45) is -3.53. The minimum atomic E-state index is -4.44. The van der Waals surface area contributed by atoms with E-state index in [0.717, 1.165) is 4.90 Å². The van der Waals surface area contributed by atoms with Gasteiger partial charge < -0.3 is 4.90 Å². The molecule has 1 heterocycles. The number of hydrogen-bond acceptors (Lipinski definition) is 2. The van der Waals surface area contributed by atoms with Gasteiger partial charge in [-0.15, -0.1) is 0 Å². The first-order chi connectivity index (χ1) is 9.67. The summed E-state index contributed by atoms with van der Waals surface area (Å²) in [6, 6.07) is 2.27. The van der Waals surface area contributed by atoms with E-state index in [2.05, 4.69) is 4.98 Å². The molecule has 0 aromatic carbocycles. The zero-order valence-corrected chi connectivity index (χ0v) is 12.9.